The average Bonchev–Trinajstić information content (AvgIpc) is 3.41. The number of anilines is 1. The quantitative estimate of drug-likeness (QED) is 0.225. The van der Waals surface area contributed by atoms with E-state index >= 15 is 0 Å². The first kappa shape index (κ1) is 30.0. The first-order valence-electron chi connectivity index (χ1n) is 14.0. The van der Waals surface area contributed by atoms with Gasteiger partial charge in [0.2, 0.25) is 5.88 Å². The molecular formula is C32H32F3N5O3. The molecule has 1 aliphatic heterocycles. The van der Waals surface area contributed by atoms with Crippen LogP contribution in [0.2, 0.25) is 0 Å². The predicted molar refractivity (Wildman–Crippen MR) is 156 cm³/mol. The second-order valence-electron chi connectivity index (χ2n) is 10.4. The van der Waals surface area contributed by atoms with Crippen LogP contribution in [-0.2, 0) is 12.6 Å². The van der Waals surface area contributed by atoms with Crippen molar-refractivity contribution in [1.29, 1.82) is 0 Å². The fourth-order valence-electron chi connectivity index (χ4n) is 4.85. The minimum Gasteiger partial charge on any atom is -0.492 e. The van der Waals surface area contributed by atoms with Gasteiger partial charge in [-0.1, -0.05) is 13.0 Å². The molecule has 1 N–H and O–H groups in total. The van der Waals surface area contributed by atoms with Crippen LogP contribution in [0, 0.1) is 6.92 Å². The van der Waals surface area contributed by atoms with Crippen LogP contribution in [0.1, 0.15) is 47.1 Å². The number of aromatic nitrogens is 3. The van der Waals surface area contributed by atoms with E-state index in [1.54, 1.807) is 36.7 Å². The Morgan fingerprint density at radius 3 is 2.67 bits per heavy atom. The summed E-state index contributed by atoms with van der Waals surface area (Å²) in [6.45, 7) is 4.95. The number of pyridine rings is 1. The average molecular weight is 592 g/mol. The number of likely N-dealkylation sites (N-methyl/N-ethyl adjacent to an activating group) is 1. The summed E-state index contributed by atoms with van der Waals surface area (Å²) in [7, 11) is 1.96. The molecule has 2 aromatic heterocycles. The summed E-state index contributed by atoms with van der Waals surface area (Å²) in [5.74, 6) is 0.769. The second-order valence-corrected chi connectivity index (χ2v) is 10.4. The Labute approximate surface area is 247 Å². The van der Waals surface area contributed by atoms with Crippen LogP contribution in [0.15, 0.2) is 67.0 Å². The van der Waals surface area contributed by atoms with Gasteiger partial charge in [0.05, 0.1) is 16.8 Å². The van der Waals surface area contributed by atoms with Crippen LogP contribution in [0.3, 0.4) is 0 Å². The minimum atomic E-state index is -4.62. The number of nitrogens with zero attached hydrogens (tertiary/aromatic N) is 4. The molecule has 1 saturated heterocycles. The third-order valence-electron chi connectivity index (χ3n) is 7.33. The monoisotopic (exact) mass is 591 g/mol. The summed E-state index contributed by atoms with van der Waals surface area (Å²) in [4.78, 5) is 28.5. The van der Waals surface area contributed by atoms with Crippen LogP contribution in [-0.4, -0.2) is 52.0 Å². The number of alkyl halides is 3. The molecule has 0 radical (unpaired) electrons. The summed E-state index contributed by atoms with van der Waals surface area (Å²) in [6, 6.07) is 13.5. The number of halogens is 3. The fourth-order valence-corrected chi connectivity index (χ4v) is 4.85. The Kier molecular flexibility index (Phi) is 8.91. The summed E-state index contributed by atoms with van der Waals surface area (Å²) >= 11 is 0. The van der Waals surface area contributed by atoms with Crippen molar-refractivity contribution in [1.82, 2.24) is 19.9 Å². The van der Waals surface area contributed by atoms with Gasteiger partial charge < -0.3 is 19.7 Å². The lowest BCUT2D eigenvalue weighted by atomic mass is 10.1. The minimum absolute atomic E-state index is 0.0276. The molecule has 1 aliphatic rings. The third-order valence-corrected chi connectivity index (χ3v) is 7.33. The topological polar surface area (TPSA) is 89.5 Å². The van der Waals surface area contributed by atoms with Gasteiger partial charge in [0.1, 0.15) is 23.9 Å². The second kappa shape index (κ2) is 12.8. The van der Waals surface area contributed by atoms with Crippen molar-refractivity contribution in [2.45, 2.75) is 45.3 Å². The maximum absolute atomic E-state index is 13.7. The van der Waals surface area contributed by atoms with Crippen molar-refractivity contribution >= 4 is 11.6 Å². The van der Waals surface area contributed by atoms with E-state index in [2.05, 4.69) is 25.2 Å². The van der Waals surface area contributed by atoms with E-state index in [4.69, 9.17) is 9.47 Å². The fraction of sp³-hybridized carbons (Fsp3) is 0.312. The number of hydrogen-bond acceptors (Lipinski definition) is 7. The third kappa shape index (κ3) is 7.29. The number of carbonyl (C=O) groups is 1. The Bertz CT molecular complexity index is 1610. The van der Waals surface area contributed by atoms with E-state index in [0.29, 0.717) is 29.3 Å². The zero-order valence-electron chi connectivity index (χ0n) is 24.1. The molecule has 0 unspecified atom stereocenters. The van der Waals surface area contributed by atoms with E-state index in [9.17, 15) is 18.0 Å². The Morgan fingerprint density at radius 2 is 1.93 bits per heavy atom. The Balaban J connectivity index is 1.37. The van der Waals surface area contributed by atoms with Crippen molar-refractivity contribution in [3.63, 3.8) is 0 Å². The van der Waals surface area contributed by atoms with Gasteiger partial charge in [0.25, 0.3) is 5.91 Å². The first-order chi connectivity index (χ1) is 20.6. The molecule has 1 fully saturated rings. The Morgan fingerprint density at radius 1 is 1.09 bits per heavy atom. The highest BCUT2D eigenvalue weighted by molar-refractivity contribution is 6.04. The summed E-state index contributed by atoms with van der Waals surface area (Å²) in [5, 5.41) is 2.59. The van der Waals surface area contributed by atoms with Crippen LogP contribution >= 0.6 is 0 Å². The molecule has 1 amide bonds. The smallest absolute Gasteiger partial charge is 0.416 e. The predicted octanol–water partition coefficient (Wildman–Crippen LogP) is 6.95. The van der Waals surface area contributed by atoms with Crippen molar-refractivity contribution in [2.24, 2.45) is 0 Å². The first-order valence-corrected chi connectivity index (χ1v) is 14.0. The molecule has 0 saturated carbocycles. The van der Waals surface area contributed by atoms with E-state index < -0.39 is 17.6 Å². The normalized spacial score (nSPS) is 15.3. The molecule has 3 heterocycles. The highest BCUT2D eigenvalue weighted by Gasteiger charge is 2.32. The van der Waals surface area contributed by atoms with Crippen molar-refractivity contribution in [2.75, 3.05) is 25.5 Å². The maximum atomic E-state index is 13.7. The molecule has 43 heavy (non-hydrogen) atoms. The number of aryl methyl sites for hydroxylation is 2. The van der Waals surface area contributed by atoms with E-state index in [-0.39, 0.29) is 35.5 Å². The maximum Gasteiger partial charge on any atom is 0.416 e. The number of carbonyl (C=O) groups excluding carboxylic acids is 1. The van der Waals surface area contributed by atoms with Crippen LogP contribution in [0.25, 0.3) is 11.3 Å². The molecule has 4 aromatic rings. The molecule has 5 rings (SSSR count). The van der Waals surface area contributed by atoms with Crippen molar-refractivity contribution in [3.8, 4) is 28.6 Å². The van der Waals surface area contributed by atoms with E-state index in [1.807, 2.05) is 27.0 Å². The number of amides is 1. The molecule has 8 nitrogen and oxygen atoms in total. The number of rotatable bonds is 9. The molecular weight excluding hydrogens is 559 g/mol. The standard InChI is InChI=1S/C32H32F3N5O3/c1-4-29-36-13-11-27(39-29)26-8-5-12-37-31(26)43-28-15-21(10-9-20(28)2)30(41)38-23-16-22(32(33,34)35)17-25(18-23)42-19-24-7-6-14-40(24)3/h5,8-13,15-18,24H,4,6-7,14,19H2,1-3H3,(H,38,41)/t24-/m0/s1. The molecule has 0 bridgehead atoms. The summed E-state index contributed by atoms with van der Waals surface area (Å²) in [6.07, 6.45) is 1.23. The van der Waals surface area contributed by atoms with Gasteiger partial charge in [-0.15, -0.1) is 0 Å². The van der Waals surface area contributed by atoms with Crippen LogP contribution in [0.4, 0.5) is 18.9 Å². The van der Waals surface area contributed by atoms with Gasteiger partial charge in [0.15, 0.2) is 0 Å². The highest BCUT2D eigenvalue weighted by atomic mass is 19.4. The SMILES string of the molecule is CCc1nccc(-c2cccnc2Oc2cc(C(=O)Nc3cc(OC[C@@H]4CCCN4C)cc(C(F)(F)F)c3)ccc2C)n1. The van der Waals surface area contributed by atoms with Crippen LogP contribution in [0.5, 0.6) is 17.4 Å². The zero-order chi connectivity index (χ0) is 30.6. The molecule has 224 valence electrons. The van der Waals surface area contributed by atoms with Gasteiger partial charge in [-0.3, -0.25) is 4.79 Å². The largest absolute Gasteiger partial charge is 0.492 e. The highest BCUT2D eigenvalue weighted by Crippen LogP contribution is 2.35. The Hall–Kier alpha value is -4.51. The van der Waals surface area contributed by atoms with Crippen LogP contribution < -0.4 is 14.8 Å². The van der Waals surface area contributed by atoms with Gasteiger partial charge in [-0.25, -0.2) is 15.0 Å². The van der Waals surface area contributed by atoms with Gasteiger partial charge >= 0.3 is 6.18 Å². The van der Waals surface area contributed by atoms with Crippen molar-refractivity contribution in [3.05, 3.63) is 89.5 Å². The molecule has 0 spiro atoms. The molecule has 2 aromatic carbocycles. The lowest BCUT2D eigenvalue weighted by molar-refractivity contribution is -0.137. The van der Waals surface area contributed by atoms with Crippen molar-refractivity contribution < 1.29 is 27.4 Å². The van der Waals surface area contributed by atoms with Gasteiger partial charge in [-0.05, 0) is 81.4 Å². The molecule has 1 atom stereocenters. The number of nitrogens with one attached hydrogen (secondary N) is 1. The van der Waals surface area contributed by atoms with Gasteiger partial charge in [0, 0.05) is 42.2 Å². The number of benzene rings is 2. The summed E-state index contributed by atoms with van der Waals surface area (Å²) in [5.41, 5.74) is 1.28. The summed E-state index contributed by atoms with van der Waals surface area (Å²) < 4.78 is 53.0. The van der Waals surface area contributed by atoms with E-state index in [0.717, 1.165) is 37.1 Å². The molecule has 0 aliphatic carbocycles. The lowest BCUT2D eigenvalue weighted by Gasteiger charge is -2.20. The number of hydrogen-bond donors (Lipinski definition) is 1. The zero-order valence-corrected chi connectivity index (χ0v) is 24.1. The number of likely N-dealkylation sites (tertiary alicyclic amines) is 1. The molecule has 11 heteroatoms. The van der Waals surface area contributed by atoms with E-state index in [1.165, 1.54) is 12.1 Å². The number of ether oxygens (including phenoxy) is 2. The van der Waals surface area contributed by atoms with Gasteiger partial charge in [-0.2, -0.15) is 13.2 Å². The lowest BCUT2D eigenvalue weighted by Crippen LogP contribution is -2.30.